The van der Waals surface area contributed by atoms with Crippen molar-refractivity contribution in [2.24, 2.45) is 0 Å². The van der Waals surface area contributed by atoms with Crippen molar-refractivity contribution in [3.8, 4) is 0 Å². The van der Waals surface area contributed by atoms with Gasteiger partial charge in [-0.2, -0.15) is 10.2 Å². The van der Waals surface area contributed by atoms with Crippen molar-refractivity contribution in [1.29, 1.82) is 0 Å². The first-order valence-corrected chi connectivity index (χ1v) is 3.68. The summed E-state index contributed by atoms with van der Waals surface area (Å²) in [6.45, 7) is 0. The Bertz CT molecular complexity index is 435. The minimum atomic E-state index is 1.02. The standard InChI is InChI=1S/C9H6N2/c1-2-4-8-6(3-1)7-5-9(7)11-10-8/h1-4H,5H2. The molecule has 11 heavy (non-hydrogen) atoms. The van der Waals surface area contributed by atoms with Gasteiger partial charge in [0.1, 0.15) is 0 Å². The molecule has 0 spiro atoms. The highest BCUT2D eigenvalue weighted by molar-refractivity contribution is 5.85. The Balaban J connectivity index is 2.56. The molecule has 1 heterocycles. The van der Waals surface area contributed by atoms with Gasteiger partial charge in [-0.15, -0.1) is 0 Å². The van der Waals surface area contributed by atoms with Crippen molar-refractivity contribution < 1.29 is 0 Å². The summed E-state index contributed by atoms with van der Waals surface area (Å²) in [5.41, 5.74) is 3.57. The molecular weight excluding hydrogens is 136 g/mol. The molecule has 2 aromatic rings. The maximum absolute atomic E-state index is 4.08. The fourth-order valence-electron chi connectivity index (χ4n) is 1.40. The third-order valence-electron chi connectivity index (χ3n) is 2.08. The van der Waals surface area contributed by atoms with Crippen LogP contribution < -0.4 is 0 Å². The molecule has 0 unspecified atom stereocenters. The molecule has 0 N–H and O–H groups in total. The quantitative estimate of drug-likeness (QED) is 0.475. The molecular formula is C9H6N2. The van der Waals surface area contributed by atoms with Crippen LogP contribution in [0.15, 0.2) is 24.3 Å². The van der Waals surface area contributed by atoms with E-state index in [4.69, 9.17) is 0 Å². The molecule has 2 nitrogen and oxygen atoms in total. The number of hydrogen-bond donors (Lipinski definition) is 0. The van der Waals surface area contributed by atoms with Crippen LogP contribution in [-0.2, 0) is 6.42 Å². The molecule has 2 heteroatoms. The van der Waals surface area contributed by atoms with E-state index in [9.17, 15) is 0 Å². The number of hydrogen-bond acceptors (Lipinski definition) is 2. The van der Waals surface area contributed by atoms with Crippen molar-refractivity contribution in [1.82, 2.24) is 10.2 Å². The summed E-state index contributed by atoms with van der Waals surface area (Å²) in [5, 5.41) is 9.41. The van der Waals surface area contributed by atoms with Crippen molar-refractivity contribution in [2.45, 2.75) is 6.42 Å². The second kappa shape index (κ2) is 1.59. The van der Waals surface area contributed by atoms with Crippen molar-refractivity contribution in [3.63, 3.8) is 0 Å². The van der Waals surface area contributed by atoms with Gasteiger partial charge in [0.2, 0.25) is 0 Å². The van der Waals surface area contributed by atoms with Gasteiger partial charge < -0.3 is 0 Å². The first-order chi connectivity index (χ1) is 5.45. The van der Waals surface area contributed by atoms with Crippen LogP contribution in [0.3, 0.4) is 0 Å². The zero-order valence-electron chi connectivity index (χ0n) is 5.91. The molecule has 0 radical (unpaired) electrons. The topological polar surface area (TPSA) is 25.8 Å². The Kier molecular flexibility index (Phi) is 0.756. The largest absolute Gasteiger partial charge is 0.154 e. The molecule has 0 aliphatic heterocycles. The average Bonchev–Trinajstić information content (AvgIpc) is 2.83. The lowest BCUT2D eigenvalue weighted by molar-refractivity contribution is 1.06. The van der Waals surface area contributed by atoms with Gasteiger partial charge in [0.15, 0.2) is 0 Å². The van der Waals surface area contributed by atoms with E-state index >= 15 is 0 Å². The van der Waals surface area contributed by atoms with E-state index in [0.717, 1.165) is 11.9 Å². The SMILES string of the molecule is c1ccc2c3c(nnc2c1)C3. The highest BCUT2D eigenvalue weighted by Crippen LogP contribution is 2.31. The fraction of sp³-hybridized carbons (Fsp3) is 0.111. The molecule has 1 aromatic heterocycles. The van der Waals surface area contributed by atoms with Gasteiger partial charge in [0.25, 0.3) is 0 Å². The summed E-state index contributed by atoms with van der Waals surface area (Å²) in [6.07, 6.45) is 1.04. The lowest BCUT2D eigenvalue weighted by Crippen LogP contribution is -1.79. The number of benzene rings is 1. The lowest BCUT2D eigenvalue weighted by Gasteiger charge is -1.90. The van der Waals surface area contributed by atoms with Gasteiger partial charge in [0.05, 0.1) is 11.2 Å². The third-order valence-corrected chi connectivity index (χ3v) is 2.08. The van der Waals surface area contributed by atoms with Crippen LogP contribution in [0.25, 0.3) is 10.9 Å². The molecule has 52 valence electrons. The van der Waals surface area contributed by atoms with E-state index in [1.165, 1.54) is 16.6 Å². The Labute approximate surface area is 63.9 Å². The van der Waals surface area contributed by atoms with Crippen LogP contribution in [0, 0.1) is 0 Å². The van der Waals surface area contributed by atoms with E-state index in [1.807, 2.05) is 18.2 Å². The maximum Gasteiger partial charge on any atom is 0.0932 e. The monoisotopic (exact) mass is 142 g/mol. The Hall–Kier alpha value is -1.44. The first-order valence-electron chi connectivity index (χ1n) is 3.68. The first kappa shape index (κ1) is 5.24. The molecule has 0 atom stereocenters. The number of nitrogens with zero attached hydrogens (tertiary/aromatic N) is 2. The molecule has 0 amide bonds. The van der Waals surface area contributed by atoms with Crippen LogP contribution in [-0.4, -0.2) is 10.2 Å². The highest BCUT2D eigenvalue weighted by atomic mass is 15.1. The van der Waals surface area contributed by atoms with Crippen molar-refractivity contribution >= 4 is 10.9 Å². The van der Waals surface area contributed by atoms with Crippen molar-refractivity contribution in [3.05, 3.63) is 35.5 Å². The van der Waals surface area contributed by atoms with E-state index in [0.29, 0.717) is 0 Å². The lowest BCUT2D eigenvalue weighted by atomic mass is 10.2. The van der Waals surface area contributed by atoms with Gasteiger partial charge in [-0.05, 0) is 11.6 Å². The second-order valence-electron chi connectivity index (χ2n) is 2.82. The molecule has 0 fully saturated rings. The minimum Gasteiger partial charge on any atom is -0.154 e. The summed E-state index contributed by atoms with van der Waals surface area (Å²) < 4.78 is 0. The van der Waals surface area contributed by atoms with Gasteiger partial charge in [-0.1, -0.05) is 18.2 Å². The van der Waals surface area contributed by atoms with Gasteiger partial charge in [0, 0.05) is 11.8 Å². The molecule has 1 aliphatic rings. The summed E-state index contributed by atoms with van der Waals surface area (Å²) in [5.74, 6) is 0. The maximum atomic E-state index is 4.08. The summed E-state index contributed by atoms with van der Waals surface area (Å²) in [6, 6.07) is 8.14. The molecule has 1 aromatic carbocycles. The van der Waals surface area contributed by atoms with Gasteiger partial charge >= 0.3 is 0 Å². The highest BCUT2D eigenvalue weighted by Gasteiger charge is 2.21. The van der Waals surface area contributed by atoms with Crippen LogP contribution in [0.4, 0.5) is 0 Å². The number of fused-ring (bicyclic) bond motifs is 3. The summed E-state index contributed by atoms with van der Waals surface area (Å²) in [7, 11) is 0. The van der Waals surface area contributed by atoms with E-state index in [2.05, 4.69) is 16.3 Å². The third kappa shape index (κ3) is 0.611. The van der Waals surface area contributed by atoms with Gasteiger partial charge in [-0.25, -0.2) is 0 Å². The fourth-order valence-corrected chi connectivity index (χ4v) is 1.40. The van der Waals surface area contributed by atoms with Crippen molar-refractivity contribution in [2.75, 3.05) is 0 Å². The van der Waals surface area contributed by atoms with Gasteiger partial charge in [-0.3, -0.25) is 0 Å². The predicted molar refractivity (Wildman–Crippen MR) is 42.3 cm³/mol. The Morgan fingerprint density at radius 2 is 2.00 bits per heavy atom. The molecule has 3 rings (SSSR count). The smallest absolute Gasteiger partial charge is 0.0932 e. The summed E-state index contributed by atoms with van der Waals surface area (Å²) in [4.78, 5) is 0. The molecule has 1 aliphatic carbocycles. The second-order valence-corrected chi connectivity index (χ2v) is 2.82. The molecule has 0 saturated heterocycles. The Morgan fingerprint density at radius 3 is 3.00 bits per heavy atom. The number of aromatic nitrogens is 2. The van der Waals surface area contributed by atoms with Crippen LogP contribution in [0.2, 0.25) is 0 Å². The predicted octanol–water partition coefficient (Wildman–Crippen LogP) is 1.53. The van der Waals surface area contributed by atoms with E-state index < -0.39 is 0 Å². The average molecular weight is 142 g/mol. The van der Waals surface area contributed by atoms with Crippen LogP contribution in [0.1, 0.15) is 11.3 Å². The van der Waals surface area contributed by atoms with Crippen LogP contribution >= 0.6 is 0 Å². The normalized spacial score (nSPS) is 13.1. The molecule has 0 bridgehead atoms. The van der Waals surface area contributed by atoms with E-state index in [1.54, 1.807) is 0 Å². The van der Waals surface area contributed by atoms with Crippen LogP contribution in [0.5, 0.6) is 0 Å². The number of rotatable bonds is 0. The Morgan fingerprint density at radius 1 is 1.09 bits per heavy atom. The summed E-state index contributed by atoms with van der Waals surface area (Å²) >= 11 is 0. The zero-order chi connectivity index (χ0) is 7.26. The molecule has 0 saturated carbocycles. The minimum absolute atomic E-state index is 1.02. The zero-order valence-corrected chi connectivity index (χ0v) is 5.91. The van der Waals surface area contributed by atoms with E-state index in [-0.39, 0.29) is 0 Å².